The predicted molar refractivity (Wildman–Crippen MR) is 122 cm³/mol. The normalized spacial score (nSPS) is 13.6. The third-order valence-corrected chi connectivity index (χ3v) is 5.02. The molecule has 6 nitrogen and oxygen atoms in total. The van der Waals surface area contributed by atoms with Gasteiger partial charge in [-0.05, 0) is 32.0 Å². The van der Waals surface area contributed by atoms with Crippen LogP contribution in [0.15, 0.2) is 30.3 Å². The van der Waals surface area contributed by atoms with E-state index in [9.17, 15) is 0 Å². The first-order valence-corrected chi connectivity index (χ1v) is 10.8. The Hall–Kier alpha value is -2.18. The number of rotatable bonds is 7. The van der Waals surface area contributed by atoms with Gasteiger partial charge in [-0.25, -0.2) is 4.98 Å². The van der Waals surface area contributed by atoms with E-state index in [-0.39, 0.29) is 0 Å². The van der Waals surface area contributed by atoms with Crippen molar-refractivity contribution in [1.29, 1.82) is 0 Å². The van der Waals surface area contributed by atoms with Gasteiger partial charge in [0.05, 0.1) is 18.9 Å². The highest BCUT2D eigenvalue weighted by Crippen LogP contribution is 2.26. The summed E-state index contributed by atoms with van der Waals surface area (Å²) >= 11 is 0. The Bertz CT molecular complexity index is 715. The zero-order valence-corrected chi connectivity index (χ0v) is 18.7. The highest BCUT2D eigenvalue weighted by molar-refractivity contribution is 5.54. The van der Waals surface area contributed by atoms with Crippen LogP contribution in [0.3, 0.4) is 0 Å². The summed E-state index contributed by atoms with van der Waals surface area (Å²) < 4.78 is 5.51. The van der Waals surface area contributed by atoms with Crippen molar-refractivity contribution in [3.63, 3.8) is 0 Å². The summed E-state index contributed by atoms with van der Waals surface area (Å²) in [7, 11) is 4.00. The third-order valence-electron chi connectivity index (χ3n) is 5.02. The first-order chi connectivity index (χ1) is 14.1. The van der Waals surface area contributed by atoms with Crippen molar-refractivity contribution in [3.8, 4) is 0 Å². The largest absolute Gasteiger partial charge is 0.378 e. The van der Waals surface area contributed by atoms with E-state index in [0.29, 0.717) is 0 Å². The van der Waals surface area contributed by atoms with Crippen molar-refractivity contribution < 1.29 is 4.74 Å². The lowest BCUT2D eigenvalue weighted by molar-refractivity contribution is 0.122. The van der Waals surface area contributed by atoms with Crippen LogP contribution in [0.2, 0.25) is 0 Å². The maximum Gasteiger partial charge on any atom is 0.227 e. The fourth-order valence-corrected chi connectivity index (χ4v) is 3.29. The summed E-state index contributed by atoms with van der Waals surface area (Å²) in [5, 5.41) is 2.93. The van der Waals surface area contributed by atoms with Crippen LogP contribution >= 0.6 is 0 Å². The number of nitrogens with zero attached hydrogens (tertiary/aromatic N) is 4. The molecule has 0 bridgehead atoms. The van der Waals surface area contributed by atoms with Crippen LogP contribution in [0.5, 0.6) is 0 Å². The first-order valence-electron chi connectivity index (χ1n) is 10.8. The van der Waals surface area contributed by atoms with Crippen LogP contribution in [0.1, 0.15) is 37.6 Å². The topological polar surface area (TPSA) is 53.5 Å². The second-order valence-corrected chi connectivity index (χ2v) is 7.13. The second-order valence-electron chi connectivity index (χ2n) is 7.13. The van der Waals surface area contributed by atoms with Crippen molar-refractivity contribution in [2.45, 2.75) is 40.2 Å². The summed E-state index contributed by atoms with van der Waals surface area (Å²) in [6, 6.07) is 10.5. The molecule has 0 saturated carbocycles. The van der Waals surface area contributed by atoms with Gasteiger partial charge >= 0.3 is 0 Å². The van der Waals surface area contributed by atoms with Crippen molar-refractivity contribution >= 4 is 11.8 Å². The van der Waals surface area contributed by atoms with E-state index in [4.69, 9.17) is 14.7 Å². The molecular formula is C23H37N5O. The number of hydrogen-bond acceptors (Lipinski definition) is 6. The van der Waals surface area contributed by atoms with Gasteiger partial charge < -0.3 is 19.9 Å². The minimum Gasteiger partial charge on any atom is -0.378 e. The Morgan fingerprint density at radius 1 is 1.03 bits per heavy atom. The van der Waals surface area contributed by atoms with Crippen LogP contribution in [0.4, 0.5) is 11.8 Å². The van der Waals surface area contributed by atoms with Gasteiger partial charge in [0.25, 0.3) is 0 Å². The van der Waals surface area contributed by atoms with Crippen LogP contribution < -0.4 is 15.1 Å². The average molecular weight is 400 g/mol. The predicted octanol–water partition coefficient (Wildman–Crippen LogP) is 3.30. The Kier molecular flexibility index (Phi) is 9.88. The number of ether oxygens (including phenoxy) is 1. The Balaban J connectivity index is 0.000000687. The molecule has 6 heteroatoms. The van der Waals surface area contributed by atoms with Gasteiger partial charge in [0.1, 0.15) is 5.82 Å². The number of nitrogens with one attached hydrogen (secondary N) is 1. The highest BCUT2D eigenvalue weighted by atomic mass is 16.5. The summed E-state index contributed by atoms with van der Waals surface area (Å²) in [5.41, 5.74) is 3.70. The zero-order valence-electron chi connectivity index (χ0n) is 18.7. The van der Waals surface area contributed by atoms with E-state index in [1.807, 2.05) is 13.1 Å². The monoisotopic (exact) mass is 399 g/mol. The molecule has 0 unspecified atom stereocenters. The standard InChI is InChI=1S/C20H28N4O.C3H9N/c1-4-17-18(5-2)21-20(22-19(17)24-11-13-25-14-12-24)23(3)15-16-9-7-6-8-10-16;1-3-4-2/h6-10H,4-5,11-15H2,1-3H3;4H,3H2,1-2H3. The van der Waals surface area contributed by atoms with Gasteiger partial charge in [0, 0.05) is 32.2 Å². The molecule has 2 heterocycles. The molecule has 1 aliphatic rings. The van der Waals surface area contributed by atoms with Crippen molar-refractivity contribution in [3.05, 3.63) is 47.2 Å². The van der Waals surface area contributed by atoms with Gasteiger partial charge in [-0.2, -0.15) is 4.98 Å². The fourth-order valence-electron chi connectivity index (χ4n) is 3.29. The van der Waals surface area contributed by atoms with Crippen LogP contribution in [-0.4, -0.2) is 56.9 Å². The lowest BCUT2D eigenvalue weighted by atomic mass is 10.1. The molecule has 0 atom stereocenters. The Morgan fingerprint density at radius 3 is 2.24 bits per heavy atom. The summed E-state index contributed by atoms with van der Waals surface area (Å²) in [6.45, 7) is 11.6. The van der Waals surface area contributed by atoms with Crippen molar-refractivity contribution in [2.24, 2.45) is 0 Å². The molecule has 2 aromatic rings. The molecule has 1 aromatic heterocycles. The summed E-state index contributed by atoms with van der Waals surface area (Å²) in [6.07, 6.45) is 1.88. The molecule has 1 saturated heterocycles. The molecule has 1 aromatic carbocycles. The molecule has 160 valence electrons. The second kappa shape index (κ2) is 12.4. The molecule has 0 spiro atoms. The molecule has 1 fully saturated rings. The highest BCUT2D eigenvalue weighted by Gasteiger charge is 2.21. The van der Waals surface area contributed by atoms with E-state index >= 15 is 0 Å². The number of hydrogen-bond donors (Lipinski definition) is 1. The maximum absolute atomic E-state index is 5.51. The number of aryl methyl sites for hydroxylation is 1. The van der Waals surface area contributed by atoms with Crippen molar-refractivity contribution in [2.75, 3.05) is 56.7 Å². The lowest BCUT2D eigenvalue weighted by Gasteiger charge is -2.31. The minimum absolute atomic E-state index is 0.768. The van der Waals surface area contributed by atoms with Gasteiger partial charge in [0.2, 0.25) is 5.95 Å². The smallest absolute Gasteiger partial charge is 0.227 e. The third kappa shape index (κ3) is 6.68. The SMILES string of the molecule is CCNC.CCc1nc(N(C)Cc2ccccc2)nc(N2CCOCC2)c1CC. The van der Waals surface area contributed by atoms with Crippen LogP contribution in [0.25, 0.3) is 0 Å². The number of aromatic nitrogens is 2. The van der Waals surface area contributed by atoms with Crippen LogP contribution in [-0.2, 0) is 24.1 Å². The summed E-state index contributed by atoms with van der Waals surface area (Å²) in [4.78, 5) is 14.3. The molecule has 3 rings (SSSR count). The Labute approximate surface area is 176 Å². The molecule has 0 radical (unpaired) electrons. The van der Waals surface area contributed by atoms with E-state index < -0.39 is 0 Å². The molecular weight excluding hydrogens is 362 g/mol. The zero-order chi connectivity index (χ0) is 21.1. The van der Waals surface area contributed by atoms with Gasteiger partial charge in [-0.3, -0.25) is 0 Å². The average Bonchev–Trinajstić information content (AvgIpc) is 2.79. The number of benzene rings is 1. The number of anilines is 2. The maximum atomic E-state index is 5.51. The Morgan fingerprint density at radius 2 is 1.69 bits per heavy atom. The summed E-state index contributed by atoms with van der Waals surface area (Å²) in [5.74, 6) is 1.90. The van der Waals surface area contributed by atoms with Gasteiger partial charge in [-0.1, -0.05) is 51.1 Å². The lowest BCUT2D eigenvalue weighted by Crippen LogP contribution is -2.38. The van der Waals surface area contributed by atoms with Crippen LogP contribution in [0, 0.1) is 0 Å². The van der Waals surface area contributed by atoms with E-state index in [2.05, 4.69) is 67.2 Å². The molecule has 0 amide bonds. The van der Waals surface area contributed by atoms with Crippen molar-refractivity contribution in [1.82, 2.24) is 15.3 Å². The van der Waals surface area contributed by atoms with E-state index in [0.717, 1.165) is 69.7 Å². The molecule has 1 aliphatic heterocycles. The molecule has 1 N–H and O–H groups in total. The number of morpholine rings is 1. The van der Waals surface area contributed by atoms with E-state index in [1.165, 1.54) is 11.1 Å². The molecule has 29 heavy (non-hydrogen) atoms. The van der Waals surface area contributed by atoms with E-state index in [1.54, 1.807) is 0 Å². The quantitative estimate of drug-likeness (QED) is 0.771. The fraction of sp³-hybridized carbons (Fsp3) is 0.565. The first kappa shape index (κ1) is 23.1. The van der Waals surface area contributed by atoms with Gasteiger partial charge in [-0.15, -0.1) is 0 Å². The van der Waals surface area contributed by atoms with Gasteiger partial charge in [0.15, 0.2) is 0 Å². The molecule has 0 aliphatic carbocycles. The minimum atomic E-state index is 0.768.